The van der Waals surface area contributed by atoms with E-state index in [0.29, 0.717) is 17.1 Å². The summed E-state index contributed by atoms with van der Waals surface area (Å²) in [5, 5.41) is 4.87. The molecule has 2 N–H and O–H groups in total. The molecule has 1 atom stereocenters. The van der Waals surface area contributed by atoms with Crippen molar-refractivity contribution in [3.8, 4) is 0 Å². The summed E-state index contributed by atoms with van der Waals surface area (Å²) >= 11 is 11.8. The molecule has 0 aliphatic rings. The van der Waals surface area contributed by atoms with E-state index in [1.54, 1.807) is 17.8 Å². The van der Waals surface area contributed by atoms with E-state index >= 15 is 0 Å². The highest BCUT2D eigenvalue weighted by atomic mass is 35.5. The second-order valence-electron chi connectivity index (χ2n) is 4.46. The second-order valence-corrected chi connectivity index (χ2v) is 5.23. The minimum atomic E-state index is -0.469. The maximum Gasteiger partial charge on any atom is 0.142 e. The number of rotatable bonds is 3. The van der Waals surface area contributed by atoms with Crippen molar-refractivity contribution in [2.24, 2.45) is 12.8 Å². The lowest BCUT2D eigenvalue weighted by atomic mass is 10.00. The molecule has 1 heterocycles. The summed E-state index contributed by atoms with van der Waals surface area (Å²) in [6, 6.07) is 4.22. The summed E-state index contributed by atoms with van der Waals surface area (Å²) in [5.74, 6) is -0.469. The molecular weight excluding hydrogens is 288 g/mol. The molecule has 102 valence electrons. The van der Waals surface area contributed by atoms with Crippen LogP contribution in [0.4, 0.5) is 4.39 Å². The molecule has 0 saturated heterocycles. The maximum atomic E-state index is 13.4. The third kappa shape index (κ3) is 2.91. The summed E-state index contributed by atoms with van der Waals surface area (Å²) in [6.45, 7) is 1.87. The molecule has 19 heavy (non-hydrogen) atoms. The van der Waals surface area contributed by atoms with Gasteiger partial charge in [-0.25, -0.2) is 4.39 Å². The van der Waals surface area contributed by atoms with Gasteiger partial charge in [-0.05, 0) is 31.0 Å². The Morgan fingerprint density at radius 2 is 2.11 bits per heavy atom. The molecule has 0 aliphatic carbocycles. The average Bonchev–Trinajstić information content (AvgIpc) is 2.59. The monoisotopic (exact) mass is 301 g/mol. The SMILES string of the molecule is Cc1nn(C)c(Cl)c1CC(N)c1ccc(Cl)c(F)c1. The Morgan fingerprint density at radius 1 is 1.42 bits per heavy atom. The molecule has 2 rings (SSSR count). The largest absolute Gasteiger partial charge is 0.324 e. The lowest BCUT2D eigenvalue weighted by Crippen LogP contribution is -2.14. The molecule has 1 aromatic carbocycles. The highest BCUT2D eigenvalue weighted by Crippen LogP contribution is 2.26. The van der Waals surface area contributed by atoms with Gasteiger partial charge < -0.3 is 5.73 Å². The van der Waals surface area contributed by atoms with Crippen molar-refractivity contribution in [2.45, 2.75) is 19.4 Å². The summed E-state index contributed by atoms with van der Waals surface area (Å²) in [6.07, 6.45) is 0.500. The van der Waals surface area contributed by atoms with E-state index < -0.39 is 5.82 Å². The van der Waals surface area contributed by atoms with Gasteiger partial charge in [0.1, 0.15) is 11.0 Å². The van der Waals surface area contributed by atoms with Crippen molar-refractivity contribution in [2.75, 3.05) is 0 Å². The zero-order valence-corrected chi connectivity index (χ0v) is 12.1. The van der Waals surface area contributed by atoms with Gasteiger partial charge in [0, 0.05) is 18.7 Å². The quantitative estimate of drug-likeness (QED) is 0.944. The van der Waals surface area contributed by atoms with Crippen LogP contribution >= 0.6 is 23.2 Å². The van der Waals surface area contributed by atoms with Crippen LogP contribution in [0.2, 0.25) is 10.2 Å². The number of nitrogens with two attached hydrogens (primary N) is 1. The molecule has 0 radical (unpaired) electrons. The first-order valence-electron chi connectivity index (χ1n) is 5.78. The standard InChI is InChI=1S/C13H14Cl2FN3/c1-7-9(13(15)19(2)18-7)6-12(17)8-3-4-10(14)11(16)5-8/h3-5,12H,6,17H2,1-2H3. The summed E-state index contributed by atoms with van der Waals surface area (Å²) in [5.41, 5.74) is 8.48. The van der Waals surface area contributed by atoms with E-state index in [1.807, 2.05) is 6.92 Å². The van der Waals surface area contributed by atoms with Gasteiger partial charge in [0.25, 0.3) is 0 Å². The second kappa shape index (κ2) is 5.49. The highest BCUT2D eigenvalue weighted by molar-refractivity contribution is 6.30. The van der Waals surface area contributed by atoms with Crippen molar-refractivity contribution in [1.82, 2.24) is 9.78 Å². The normalized spacial score (nSPS) is 12.7. The van der Waals surface area contributed by atoms with Crippen LogP contribution in [-0.4, -0.2) is 9.78 Å². The molecule has 6 heteroatoms. The number of aromatic nitrogens is 2. The fraction of sp³-hybridized carbons (Fsp3) is 0.308. The summed E-state index contributed by atoms with van der Waals surface area (Å²) < 4.78 is 15.0. The van der Waals surface area contributed by atoms with Crippen LogP contribution in [0.25, 0.3) is 0 Å². The first kappa shape index (κ1) is 14.3. The summed E-state index contributed by atoms with van der Waals surface area (Å²) in [7, 11) is 1.77. The maximum absolute atomic E-state index is 13.4. The van der Waals surface area contributed by atoms with Gasteiger partial charge in [-0.2, -0.15) is 5.10 Å². The van der Waals surface area contributed by atoms with Gasteiger partial charge in [0.15, 0.2) is 0 Å². The highest BCUT2D eigenvalue weighted by Gasteiger charge is 2.16. The van der Waals surface area contributed by atoms with Crippen molar-refractivity contribution in [1.29, 1.82) is 0 Å². The van der Waals surface area contributed by atoms with Crippen LogP contribution in [0, 0.1) is 12.7 Å². The molecule has 0 saturated carbocycles. The van der Waals surface area contributed by atoms with Crippen molar-refractivity contribution in [3.63, 3.8) is 0 Å². The van der Waals surface area contributed by atoms with Crippen LogP contribution in [0.5, 0.6) is 0 Å². The van der Waals surface area contributed by atoms with E-state index in [2.05, 4.69) is 5.10 Å². The van der Waals surface area contributed by atoms with Gasteiger partial charge in [-0.15, -0.1) is 0 Å². The van der Waals surface area contributed by atoms with Gasteiger partial charge in [0.2, 0.25) is 0 Å². The fourth-order valence-electron chi connectivity index (χ4n) is 1.99. The van der Waals surface area contributed by atoms with Crippen LogP contribution in [-0.2, 0) is 13.5 Å². The van der Waals surface area contributed by atoms with Gasteiger partial charge in [-0.1, -0.05) is 29.3 Å². The zero-order chi connectivity index (χ0) is 14.2. The number of nitrogens with zero attached hydrogens (tertiary/aromatic N) is 2. The molecule has 0 bridgehead atoms. The van der Waals surface area contributed by atoms with Crippen LogP contribution in [0.15, 0.2) is 18.2 Å². The molecule has 0 aliphatic heterocycles. The summed E-state index contributed by atoms with van der Waals surface area (Å²) in [4.78, 5) is 0. The number of halogens is 3. The minimum absolute atomic E-state index is 0.0894. The molecule has 0 fully saturated rings. The Balaban J connectivity index is 2.25. The van der Waals surface area contributed by atoms with E-state index in [1.165, 1.54) is 12.1 Å². The average molecular weight is 302 g/mol. The lowest BCUT2D eigenvalue weighted by Gasteiger charge is -2.12. The predicted octanol–water partition coefficient (Wildman–Crippen LogP) is 3.42. The van der Waals surface area contributed by atoms with Crippen LogP contribution in [0.3, 0.4) is 0 Å². The third-order valence-corrected chi connectivity index (χ3v) is 3.84. The Bertz CT molecular complexity index is 610. The van der Waals surface area contributed by atoms with E-state index in [0.717, 1.165) is 11.3 Å². The number of hydrogen-bond acceptors (Lipinski definition) is 2. The van der Waals surface area contributed by atoms with Crippen molar-refractivity contribution >= 4 is 23.2 Å². The molecular formula is C13H14Cl2FN3. The zero-order valence-electron chi connectivity index (χ0n) is 10.6. The Kier molecular flexibility index (Phi) is 4.13. The fourth-order valence-corrected chi connectivity index (χ4v) is 2.36. The van der Waals surface area contributed by atoms with Gasteiger partial charge >= 0.3 is 0 Å². The number of benzene rings is 1. The molecule has 1 unspecified atom stereocenters. The van der Waals surface area contributed by atoms with Crippen molar-refractivity contribution in [3.05, 3.63) is 51.0 Å². The minimum Gasteiger partial charge on any atom is -0.324 e. The van der Waals surface area contributed by atoms with E-state index in [9.17, 15) is 4.39 Å². The first-order chi connectivity index (χ1) is 8.90. The number of aryl methyl sites for hydroxylation is 2. The molecule has 2 aromatic rings. The Labute approximate surface area is 121 Å². The van der Waals surface area contributed by atoms with Gasteiger partial charge in [-0.3, -0.25) is 4.68 Å². The molecule has 1 aromatic heterocycles. The Morgan fingerprint density at radius 3 is 2.63 bits per heavy atom. The smallest absolute Gasteiger partial charge is 0.142 e. The molecule has 0 spiro atoms. The van der Waals surface area contributed by atoms with E-state index in [4.69, 9.17) is 28.9 Å². The Hall–Kier alpha value is -1.10. The third-order valence-electron chi connectivity index (χ3n) is 3.07. The lowest BCUT2D eigenvalue weighted by molar-refractivity contribution is 0.619. The molecule has 0 amide bonds. The number of hydrogen-bond donors (Lipinski definition) is 1. The van der Waals surface area contributed by atoms with Crippen LogP contribution in [0.1, 0.15) is 22.9 Å². The predicted molar refractivity (Wildman–Crippen MR) is 75.0 cm³/mol. The first-order valence-corrected chi connectivity index (χ1v) is 6.54. The van der Waals surface area contributed by atoms with E-state index in [-0.39, 0.29) is 11.1 Å². The van der Waals surface area contributed by atoms with Crippen molar-refractivity contribution < 1.29 is 4.39 Å². The molecule has 3 nitrogen and oxygen atoms in total. The van der Waals surface area contributed by atoms with Gasteiger partial charge in [0.05, 0.1) is 10.7 Å². The van der Waals surface area contributed by atoms with Crippen LogP contribution < -0.4 is 5.73 Å². The topological polar surface area (TPSA) is 43.8 Å².